The first-order valence-corrected chi connectivity index (χ1v) is 11.3. The van der Waals surface area contributed by atoms with Crippen LogP contribution in [0.2, 0.25) is 0 Å². The molecule has 178 valence electrons. The Balaban J connectivity index is 1.41. The number of nitrogens with zero attached hydrogens (tertiary/aromatic N) is 1. The van der Waals surface area contributed by atoms with E-state index in [1.165, 1.54) is 30.3 Å². The van der Waals surface area contributed by atoms with Crippen LogP contribution < -0.4 is 0 Å². The molecule has 33 heavy (non-hydrogen) atoms. The zero-order valence-corrected chi connectivity index (χ0v) is 18.7. The number of aromatic hydroxyl groups is 2. The fraction of sp³-hybridized carbons (Fsp3) is 0.440. The fourth-order valence-electron chi connectivity index (χ4n) is 3.31. The third-order valence-corrected chi connectivity index (χ3v) is 5.14. The summed E-state index contributed by atoms with van der Waals surface area (Å²) in [4.78, 5) is 34.3. The molecule has 0 radical (unpaired) electrons. The van der Waals surface area contributed by atoms with Crippen LogP contribution in [0.15, 0.2) is 47.6 Å². The number of phenolic OH excluding ortho intramolecular Hbond substituents is 2. The van der Waals surface area contributed by atoms with Crippen LogP contribution in [0.1, 0.15) is 78.5 Å². The highest BCUT2D eigenvalue weighted by Crippen LogP contribution is 2.23. The number of carbonyl (C=O) groups is 2. The number of nitroso groups, excluding NO2 is 1. The zero-order chi connectivity index (χ0) is 23.9. The number of phenols is 2. The minimum Gasteiger partial charge on any atom is -0.508 e. The Bertz CT molecular complexity index is 913. The second kappa shape index (κ2) is 14.6. The van der Waals surface area contributed by atoms with Gasteiger partial charge in [0.1, 0.15) is 22.7 Å². The number of benzene rings is 2. The van der Waals surface area contributed by atoms with Gasteiger partial charge in [0.2, 0.25) is 0 Å². The lowest BCUT2D eigenvalue weighted by Gasteiger charge is -2.07. The standard InChI is InChI=1S/C25H31NO7/c27-21-13-14-23(28)22(18-21)25(30)33-16-9-7-5-3-1-2-4-6-8-15-32-24(29)19-11-10-12-20(17-19)26-31/h10-14,17-18,27-28H,1-9,15-16H2. The van der Waals surface area contributed by atoms with E-state index >= 15 is 0 Å². The second-order valence-corrected chi connectivity index (χ2v) is 7.80. The third-order valence-electron chi connectivity index (χ3n) is 5.14. The number of hydrogen-bond donors (Lipinski definition) is 2. The van der Waals surface area contributed by atoms with Crippen molar-refractivity contribution in [3.05, 3.63) is 58.5 Å². The molecule has 0 saturated heterocycles. The van der Waals surface area contributed by atoms with Crippen molar-refractivity contribution in [2.45, 2.75) is 57.8 Å². The summed E-state index contributed by atoms with van der Waals surface area (Å²) in [5, 5.41) is 21.8. The molecule has 8 nitrogen and oxygen atoms in total. The second-order valence-electron chi connectivity index (χ2n) is 7.80. The van der Waals surface area contributed by atoms with Gasteiger partial charge in [-0.05, 0) is 54.4 Å². The summed E-state index contributed by atoms with van der Waals surface area (Å²) in [6, 6.07) is 9.89. The summed E-state index contributed by atoms with van der Waals surface area (Å²) >= 11 is 0. The molecule has 0 unspecified atom stereocenters. The molecule has 0 aliphatic rings. The molecule has 0 atom stereocenters. The smallest absolute Gasteiger partial charge is 0.342 e. The largest absolute Gasteiger partial charge is 0.508 e. The van der Waals surface area contributed by atoms with Gasteiger partial charge in [0, 0.05) is 0 Å². The van der Waals surface area contributed by atoms with Crippen molar-refractivity contribution in [3.8, 4) is 11.5 Å². The van der Waals surface area contributed by atoms with Gasteiger partial charge < -0.3 is 19.7 Å². The van der Waals surface area contributed by atoms with Crippen LogP contribution in [0.3, 0.4) is 0 Å². The van der Waals surface area contributed by atoms with Crippen LogP contribution in [0, 0.1) is 4.91 Å². The molecule has 0 aliphatic carbocycles. The zero-order valence-electron chi connectivity index (χ0n) is 18.7. The number of ether oxygens (including phenoxy) is 2. The molecule has 0 amide bonds. The number of rotatable bonds is 15. The van der Waals surface area contributed by atoms with E-state index in [1.807, 2.05) is 0 Å². The van der Waals surface area contributed by atoms with Gasteiger partial charge >= 0.3 is 11.9 Å². The monoisotopic (exact) mass is 457 g/mol. The topological polar surface area (TPSA) is 122 Å². The third kappa shape index (κ3) is 9.72. The van der Waals surface area contributed by atoms with Crippen molar-refractivity contribution in [3.63, 3.8) is 0 Å². The Hall–Kier alpha value is -3.42. The van der Waals surface area contributed by atoms with Crippen LogP contribution in [0.25, 0.3) is 0 Å². The van der Waals surface area contributed by atoms with Gasteiger partial charge in [-0.3, -0.25) is 0 Å². The Morgan fingerprint density at radius 1 is 0.727 bits per heavy atom. The Morgan fingerprint density at radius 3 is 1.91 bits per heavy atom. The number of carbonyl (C=O) groups excluding carboxylic acids is 2. The predicted octanol–water partition coefficient (Wildman–Crippen LogP) is 6.02. The van der Waals surface area contributed by atoms with Gasteiger partial charge in [0.05, 0.1) is 18.8 Å². The van der Waals surface area contributed by atoms with Crippen molar-refractivity contribution in [1.29, 1.82) is 0 Å². The van der Waals surface area contributed by atoms with Crippen molar-refractivity contribution in [1.82, 2.24) is 0 Å². The highest BCUT2D eigenvalue weighted by atomic mass is 16.5. The normalized spacial score (nSPS) is 10.5. The SMILES string of the molecule is O=Nc1cccc(C(=O)OCCCCCCCCCCCOC(=O)c2cc(O)ccc2O)c1. The van der Waals surface area contributed by atoms with Crippen LogP contribution in [-0.2, 0) is 9.47 Å². The average Bonchev–Trinajstić information content (AvgIpc) is 2.83. The van der Waals surface area contributed by atoms with Crippen LogP contribution in [0.5, 0.6) is 11.5 Å². The fourth-order valence-corrected chi connectivity index (χ4v) is 3.31. The molecule has 0 saturated carbocycles. The molecular formula is C25H31NO7. The first-order chi connectivity index (χ1) is 16.0. The van der Waals surface area contributed by atoms with Crippen molar-refractivity contribution in [2.24, 2.45) is 5.18 Å². The Kier molecular flexibility index (Phi) is 11.4. The molecule has 0 aliphatic heterocycles. The van der Waals surface area contributed by atoms with Gasteiger partial charge in [-0.2, -0.15) is 0 Å². The van der Waals surface area contributed by atoms with E-state index in [9.17, 15) is 24.7 Å². The highest BCUT2D eigenvalue weighted by Gasteiger charge is 2.13. The molecule has 2 rings (SSSR count). The first kappa shape index (κ1) is 25.8. The van der Waals surface area contributed by atoms with Crippen LogP contribution in [0.4, 0.5) is 5.69 Å². The summed E-state index contributed by atoms with van der Waals surface area (Å²) in [5.74, 6) is -1.39. The number of hydrogen-bond acceptors (Lipinski definition) is 8. The average molecular weight is 458 g/mol. The summed E-state index contributed by atoms with van der Waals surface area (Å²) in [6.45, 7) is 0.638. The van der Waals surface area contributed by atoms with E-state index in [-0.39, 0.29) is 29.4 Å². The maximum atomic E-state index is 11.9. The minimum absolute atomic E-state index is 0.0332. The lowest BCUT2D eigenvalue weighted by atomic mass is 10.1. The van der Waals surface area contributed by atoms with Crippen molar-refractivity contribution >= 4 is 17.6 Å². The maximum Gasteiger partial charge on any atom is 0.342 e. The highest BCUT2D eigenvalue weighted by molar-refractivity contribution is 5.92. The molecule has 0 fully saturated rings. The molecule has 2 N–H and O–H groups in total. The summed E-state index contributed by atoms with van der Waals surface area (Å²) in [7, 11) is 0. The van der Waals surface area contributed by atoms with Gasteiger partial charge in [-0.15, -0.1) is 4.91 Å². The quantitative estimate of drug-likeness (QED) is 0.145. The van der Waals surface area contributed by atoms with Crippen LogP contribution in [-0.4, -0.2) is 35.4 Å². The van der Waals surface area contributed by atoms with E-state index in [4.69, 9.17) is 9.47 Å². The van der Waals surface area contributed by atoms with Gasteiger partial charge in [0.15, 0.2) is 0 Å². The molecule has 8 heteroatoms. The maximum absolute atomic E-state index is 11.9. The van der Waals surface area contributed by atoms with Gasteiger partial charge in [0.25, 0.3) is 0 Å². The summed E-state index contributed by atoms with van der Waals surface area (Å²) in [5.41, 5.74) is 0.507. The summed E-state index contributed by atoms with van der Waals surface area (Å²) in [6.07, 6.45) is 8.98. The van der Waals surface area contributed by atoms with E-state index in [2.05, 4.69) is 5.18 Å². The minimum atomic E-state index is -0.638. The van der Waals surface area contributed by atoms with Crippen molar-refractivity contribution in [2.75, 3.05) is 13.2 Å². The van der Waals surface area contributed by atoms with E-state index in [1.54, 1.807) is 12.1 Å². The lowest BCUT2D eigenvalue weighted by Crippen LogP contribution is -2.06. The Morgan fingerprint density at radius 2 is 1.30 bits per heavy atom. The van der Waals surface area contributed by atoms with Crippen molar-refractivity contribution < 1.29 is 29.3 Å². The molecule has 0 aromatic heterocycles. The van der Waals surface area contributed by atoms with Gasteiger partial charge in [-0.25, -0.2) is 9.59 Å². The van der Waals surface area contributed by atoms with E-state index in [0.29, 0.717) is 12.2 Å². The lowest BCUT2D eigenvalue weighted by molar-refractivity contribution is 0.0486. The number of esters is 2. The van der Waals surface area contributed by atoms with Gasteiger partial charge in [-0.1, -0.05) is 51.0 Å². The molecule has 2 aromatic carbocycles. The van der Waals surface area contributed by atoms with E-state index in [0.717, 1.165) is 57.8 Å². The molecule has 0 bridgehead atoms. The summed E-state index contributed by atoms with van der Waals surface area (Å²) < 4.78 is 10.4. The molecular weight excluding hydrogens is 426 g/mol. The number of unbranched alkanes of at least 4 members (excludes halogenated alkanes) is 8. The predicted molar refractivity (Wildman–Crippen MR) is 124 cm³/mol. The molecule has 2 aromatic rings. The van der Waals surface area contributed by atoms with Crippen LogP contribution >= 0.6 is 0 Å². The molecule has 0 heterocycles. The molecule has 0 spiro atoms. The van der Waals surface area contributed by atoms with E-state index < -0.39 is 11.9 Å². The Labute approximate surface area is 193 Å². The first-order valence-electron chi connectivity index (χ1n) is 11.3.